The summed E-state index contributed by atoms with van der Waals surface area (Å²) in [5, 5.41) is 5.59. The highest BCUT2D eigenvalue weighted by atomic mass is 79.9. The fourth-order valence-corrected chi connectivity index (χ4v) is 3.24. The van der Waals surface area contributed by atoms with Crippen LogP contribution in [0.4, 0.5) is 11.4 Å². The van der Waals surface area contributed by atoms with Gasteiger partial charge in [-0.2, -0.15) is 0 Å². The summed E-state index contributed by atoms with van der Waals surface area (Å²) in [7, 11) is 2.97. The Morgan fingerprint density at radius 1 is 0.839 bits per heavy atom. The van der Waals surface area contributed by atoms with Crippen LogP contribution in [-0.2, 0) is 4.79 Å². The third-order valence-corrected chi connectivity index (χ3v) is 5.11. The maximum absolute atomic E-state index is 12.5. The maximum Gasteiger partial charge on any atom is 0.255 e. The number of amides is 2. The molecule has 0 unspecified atom stereocenters. The van der Waals surface area contributed by atoms with E-state index in [1.807, 2.05) is 30.3 Å². The molecule has 0 aliphatic rings. The van der Waals surface area contributed by atoms with E-state index in [1.54, 1.807) is 42.5 Å². The first kappa shape index (κ1) is 22.1. The molecule has 0 radical (unpaired) electrons. The maximum atomic E-state index is 12.5. The molecule has 3 aromatic rings. The third kappa shape index (κ3) is 5.73. The SMILES string of the molecule is COc1cc(NC(=O)c2ccccc2)c(OC)cc1NC(=O)/C=C/c1ccccc1Br. The van der Waals surface area contributed by atoms with Crippen molar-refractivity contribution in [3.8, 4) is 11.5 Å². The molecule has 0 saturated heterocycles. The van der Waals surface area contributed by atoms with Crippen molar-refractivity contribution in [2.45, 2.75) is 0 Å². The van der Waals surface area contributed by atoms with Gasteiger partial charge >= 0.3 is 0 Å². The Morgan fingerprint density at radius 3 is 2.03 bits per heavy atom. The molecule has 0 atom stereocenters. The summed E-state index contributed by atoms with van der Waals surface area (Å²) in [4.78, 5) is 24.9. The molecule has 31 heavy (non-hydrogen) atoms. The van der Waals surface area contributed by atoms with Gasteiger partial charge in [-0.25, -0.2) is 0 Å². The first-order valence-electron chi connectivity index (χ1n) is 9.38. The minimum Gasteiger partial charge on any atom is -0.494 e. The first-order valence-corrected chi connectivity index (χ1v) is 10.2. The summed E-state index contributed by atoms with van der Waals surface area (Å²) in [5.41, 5.74) is 2.23. The molecule has 0 aliphatic heterocycles. The minimum atomic E-state index is -0.336. The van der Waals surface area contributed by atoms with Gasteiger partial charge < -0.3 is 20.1 Å². The van der Waals surface area contributed by atoms with E-state index in [1.165, 1.54) is 20.3 Å². The highest BCUT2D eigenvalue weighted by Gasteiger charge is 2.15. The van der Waals surface area contributed by atoms with Gasteiger partial charge in [-0.15, -0.1) is 0 Å². The van der Waals surface area contributed by atoms with E-state index in [4.69, 9.17) is 9.47 Å². The van der Waals surface area contributed by atoms with Crippen molar-refractivity contribution < 1.29 is 19.1 Å². The van der Waals surface area contributed by atoms with E-state index in [2.05, 4.69) is 26.6 Å². The zero-order valence-corrected chi connectivity index (χ0v) is 18.6. The number of carbonyl (C=O) groups excluding carboxylic acids is 2. The molecule has 0 bridgehead atoms. The van der Waals surface area contributed by atoms with Crippen LogP contribution in [0.15, 0.2) is 77.3 Å². The van der Waals surface area contributed by atoms with Gasteiger partial charge in [0.1, 0.15) is 11.5 Å². The molecule has 2 N–H and O–H groups in total. The average Bonchev–Trinajstić information content (AvgIpc) is 2.79. The van der Waals surface area contributed by atoms with Gasteiger partial charge in [0, 0.05) is 28.2 Å². The molecule has 3 rings (SSSR count). The number of ether oxygens (including phenoxy) is 2. The first-order chi connectivity index (χ1) is 15.0. The number of anilines is 2. The van der Waals surface area contributed by atoms with Crippen LogP contribution < -0.4 is 20.1 Å². The largest absolute Gasteiger partial charge is 0.494 e. The predicted molar refractivity (Wildman–Crippen MR) is 126 cm³/mol. The lowest BCUT2D eigenvalue weighted by atomic mass is 10.2. The van der Waals surface area contributed by atoms with E-state index >= 15 is 0 Å². The van der Waals surface area contributed by atoms with Crippen molar-refractivity contribution in [1.82, 2.24) is 0 Å². The van der Waals surface area contributed by atoms with Gasteiger partial charge in [0.2, 0.25) is 5.91 Å². The molecule has 0 spiro atoms. The Morgan fingerprint density at radius 2 is 1.42 bits per heavy atom. The van der Waals surface area contributed by atoms with Crippen molar-refractivity contribution >= 4 is 45.2 Å². The highest BCUT2D eigenvalue weighted by Crippen LogP contribution is 2.36. The topological polar surface area (TPSA) is 76.7 Å². The van der Waals surface area contributed by atoms with E-state index in [9.17, 15) is 9.59 Å². The molecule has 0 aliphatic carbocycles. The number of carbonyl (C=O) groups is 2. The van der Waals surface area contributed by atoms with Gasteiger partial charge in [-0.1, -0.05) is 52.3 Å². The quantitative estimate of drug-likeness (QED) is 0.445. The van der Waals surface area contributed by atoms with Crippen molar-refractivity contribution in [1.29, 1.82) is 0 Å². The van der Waals surface area contributed by atoms with Crippen LogP contribution in [0.2, 0.25) is 0 Å². The second kappa shape index (κ2) is 10.4. The van der Waals surface area contributed by atoms with Crippen LogP contribution >= 0.6 is 15.9 Å². The van der Waals surface area contributed by atoms with Crippen LogP contribution in [0, 0.1) is 0 Å². The number of hydrogen-bond donors (Lipinski definition) is 2. The lowest BCUT2D eigenvalue weighted by Crippen LogP contribution is -2.14. The van der Waals surface area contributed by atoms with Crippen molar-refractivity contribution in [2.24, 2.45) is 0 Å². The van der Waals surface area contributed by atoms with Gasteiger partial charge in [0.05, 0.1) is 25.6 Å². The Kier molecular flexibility index (Phi) is 7.45. The number of methoxy groups -OCH3 is 2. The lowest BCUT2D eigenvalue weighted by Gasteiger charge is -2.16. The second-order valence-electron chi connectivity index (χ2n) is 6.42. The third-order valence-electron chi connectivity index (χ3n) is 4.38. The second-order valence-corrected chi connectivity index (χ2v) is 7.27. The van der Waals surface area contributed by atoms with Crippen LogP contribution in [0.3, 0.4) is 0 Å². The molecular weight excluding hydrogens is 460 g/mol. The molecule has 0 heterocycles. The normalized spacial score (nSPS) is 10.5. The van der Waals surface area contributed by atoms with Gasteiger partial charge in [-0.3, -0.25) is 9.59 Å². The van der Waals surface area contributed by atoms with E-state index in [-0.39, 0.29) is 11.8 Å². The standard InChI is InChI=1S/C24H21BrN2O4/c1-30-21-15-20(27-24(29)17-9-4-3-5-10-17)22(31-2)14-19(21)26-23(28)13-12-16-8-6-7-11-18(16)25/h3-15H,1-2H3,(H,26,28)(H,27,29)/b13-12+. The average molecular weight is 481 g/mol. The fraction of sp³-hybridized carbons (Fsp3) is 0.0833. The summed E-state index contributed by atoms with van der Waals surface area (Å²) < 4.78 is 11.7. The summed E-state index contributed by atoms with van der Waals surface area (Å²) in [6, 6.07) is 19.6. The van der Waals surface area contributed by atoms with E-state index in [0.29, 0.717) is 28.4 Å². The summed E-state index contributed by atoms with van der Waals surface area (Å²) in [5.74, 6) is 0.147. The zero-order chi connectivity index (χ0) is 22.2. The lowest BCUT2D eigenvalue weighted by molar-refractivity contribution is -0.111. The Balaban J connectivity index is 1.80. The van der Waals surface area contributed by atoms with Crippen molar-refractivity contribution in [3.63, 3.8) is 0 Å². The minimum absolute atomic E-state index is 0.283. The van der Waals surface area contributed by atoms with Crippen molar-refractivity contribution in [2.75, 3.05) is 24.9 Å². The molecule has 0 fully saturated rings. The van der Waals surface area contributed by atoms with Crippen LogP contribution in [0.25, 0.3) is 6.08 Å². The number of nitrogens with one attached hydrogen (secondary N) is 2. The Labute approximate surface area is 189 Å². The Hall–Kier alpha value is -3.58. The van der Waals surface area contributed by atoms with Crippen LogP contribution in [0.5, 0.6) is 11.5 Å². The number of benzene rings is 3. The summed E-state index contributed by atoms with van der Waals surface area (Å²) in [6.07, 6.45) is 3.13. The smallest absolute Gasteiger partial charge is 0.255 e. The van der Waals surface area contributed by atoms with Gasteiger partial charge in [0.25, 0.3) is 5.91 Å². The molecular formula is C24H21BrN2O4. The van der Waals surface area contributed by atoms with Crippen molar-refractivity contribution in [3.05, 3.63) is 88.4 Å². The summed E-state index contributed by atoms with van der Waals surface area (Å²) >= 11 is 3.45. The molecule has 7 heteroatoms. The Bertz CT molecular complexity index is 1110. The van der Waals surface area contributed by atoms with Crippen LogP contribution in [-0.4, -0.2) is 26.0 Å². The van der Waals surface area contributed by atoms with Gasteiger partial charge in [0.15, 0.2) is 0 Å². The molecule has 0 aromatic heterocycles. The van der Waals surface area contributed by atoms with E-state index < -0.39 is 0 Å². The summed E-state index contributed by atoms with van der Waals surface area (Å²) in [6.45, 7) is 0. The fourth-order valence-electron chi connectivity index (χ4n) is 2.83. The molecule has 3 aromatic carbocycles. The van der Waals surface area contributed by atoms with E-state index in [0.717, 1.165) is 10.0 Å². The number of hydrogen-bond acceptors (Lipinski definition) is 4. The van der Waals surface area contributed by atoms with Crippen LogP contribution in [0.1, 0.15) is 15.9 Å². The zero-order valence-electron chi connectivity index (χ0n) is 17.0. The molecule has 0 saturated carbocycles. The highest BCUT2D eigenvalue weighted by molar-refractivity contribution is 9.10. The van der Waals surface area contributed by atoms with Gasteiger partial charge in [-0.05, 0) is 29.8 Å². The number of halogens is 1. The number of rotatable bonds is 7. The monoisotopic (exact) mass is 480 g/mol. The molecule has 158 valence electrons. The molecule has 2 amide bonds. The predicted octanol–water partition coefficient (Wildman–Crippen LogP) is 5.37. The molecule has 6 nitrogen and oxygen atoms in total.